The average Bonchev–Trinajstić information content (AvgIpc) is 2.87. The van der Waals surface area contributed by atoms with E-state index in [9.17, 15) is 4.79 Å². The van der Waals surface area contributed by atoms with Crippen molar-refractivity contribution in [3.63, 3.8) is 0 Å². The summed E-state index contributed by atoms with van der Waals surface area (Å²) in [5.41, 5.74) is 2.22. The van der Waals surface area contributed by atoms with Gasteiger partial charge in [-0.25, -0.2) is 4.98 Å². The summed E-state index contributed by atoms with van der Waals surface area (Å²) in [5, 5.41) is 4.81. The molecule has 2 rings (SSSR count). The minimum atomic E-state index is -0.0446. The van der Waals surface area contributed by atoms with E-state index >= 15 is 0 Å². The molecule has 1 aliphatic heterocycles. The molecule has 16 heavy (non-hydrogen) atoms. The number of hydrogen-bond donors (Lipinski definition) is 1. The number of likely N-dealkylation sites (tertiary alicyclic amines) is 1. The van der Waals surface area contributed by atoms with Crippen LogP contribution < -0.4 is 5.32 Å². The van der Waals surface area contributed by atoms with E-state index in [1.807, 2.05) is 0 Å². The van der Waals surface area contributed by atoms with Gasteiger partial charge in [-0.2, -0.15) is 0 Å². The molecule has 0 bridgehead atoms. The standard InChI is InChI=1S/C11H17N3OS/c1-8(2)14-4-3-9(5-14)13-11(15)10-6-16-7-12-10/h6-9H,3-5H2,1-2H3,(H,13,15). The molecule has 1 aromatic rings. The summed E-state index contributed by atoms with van der Waals surface area (Å²) in [6, 6.07) is 0.831. The van der Waals surface area contributed by atoms with E-state index in [4.69, 9.17) is 0 Å². The first-order valence-electron chi connectivity index (χ1n) is 5.60. The highest BCUT2D eigenvalue weighted by Crippen LogP contribution is 2.13. The van der Waals surface area contributed by atoms with Crippen molar-refractivity contribution in [2.24, 2.45) is 0 Å². The molecule has 0 aromatic carbocycles. The van der Waals surface area contributed by atoms with Crippen molar-refractivity contribution in [3.05, 3.63) is 16.6 Å². The smallest absolute Gasteiger partial charge is 0.271 e. The van der Waals surface area contributed by atoms with Crippen molar-refractivity contribution in [2.75, 3.05) is 13.1 Å². The van der Waals surface area contributed by atoms with Crippen LogP contribution >= 0.6 is 11.3 Å². The molecule has 0 saturated carbocycles. The van der Waals surface area contributed by atoms with Gasteiger partial charge in [0.1, 0.15) is 5.69 Å². The third-order valence-corrected chi connectivity index (χ3v) is 3.54. The van der Waals surface area contributed by atoms with Crippen molar-refractivity contribution in [1.29, 1.82) is 0 Å². The molecular formula is C11H17N3OS. The molecule has 0 spiro atoms. The fraction of sp³-hybridized carbons (Fsp3) is 0.636. The van der Waals surface area contributed by atoms with Crippen LogP contribution in [0.5, 0.6) is 0 Å². The summed E-state index contributed by atoms with van der Waals surface area (Å²) in [5.74, 6) is -0.0446. The largest absolute Gasteiger partial charge is 0.347 e. The van der Waals surface area contributed by atoms with Crippen LogP contribution in [0.2, 0.25) is 0 Å². The second-order valence-electron chi connectivity index (χ2n) is 4.42. The molecule has 1 unspecified atom stereocenters. The van der Waals surface area contributed by atoms with Crippen LogP contribution in [-0.2, 0) is 0 Å². The molecule has 1 aromatic heterocycles. The minimum absolute atomic E-state index is 0.0446. The highest BCUT2D eigenvalue weighted by molar-refractivity contribution is 7.07. The van der Waals surface area contributed by atoms with E-state index in [2.05, 4.69) is 29.0 Å². The number of hydrogen-bond acceptors (Lipinski definition) is 4. The third-order valence-electron chi connectivity index (χ3n) is 2.95. The van der Waals surface area contributed by atoms with E-state index in [0.717, 1.165) is 19.5 Å². The fourth-order valence-corrected chi connectivity index (χ4v) is 2.49. The Kier molecular flexibility index (Phi) is 3.56. The highest BCUT2D eigenvalue weighted by Gasteiger charge is 2.25. The second-order valence-corrected chi connectivity index (χ2v) is 5.14. The predicted octanol–water partition coefficient (Wildman–Crippen LogP) is 1.36. The lowest BCUT2D eigenvalue weighted by molar-refractivity contribution is 0.0932. The number of aromatic nitrogens is 1. The summed E-state index contributed by atoms with van der Waals surface area (Å²) >= 11 is 1.45. The Hall–Kier alpha value is -0.940. The maximum atomic E-state index is 11.8. The molecule has 1 amide bonds. The number of carbonyl (C=O) groups excluding carboxylic acids is 1. The Morgan fingerprint density at radius 3 is 3.06 bits per heavy atom. The van der Waals surface area contributed by atoms with Crippen LogP contribution in [0, 0.1) is 0 Å². The zero-order valence-electron chi connectivity index (χ0n) is 9.64. The molecule has 0 aliphatic carbocycles. The lowest BCUT2D eigenvalue weighted by atomic mass is 10.2. The van der Waals surface area contributed by atoms with Gasteiger partial charge in [0.2, 0.25) is 0 Å². The summed E-state index contributed by atoms with van der Waals surface area (Å²) < 4.78 is 0. The highest BCUT2D eigenvalue weighted by atomic mass is 32.1. The van der Waals surface area contributed by atoms with Gasteiger partial charge in [0.25, 0.3) is 5.91 Å². The monoisotopic (exact) mass is 239 g/mol. The number of carbonyl (C=O) groups is 1. The molecule has 4 nitrogen and oxygen atoms in total. The SMILES string of the molecule is CC(C)N1CCC(NC(=O)c2cscn2)C1. The quantitative estimate of drug-likeness (QED) is 0.866. The van der Waals surface area contributed by atoms with Crippen LogP contribution in [0.4, 0.5) is 0 Å². The van der Waals surface area contributed by atoms with Gasteiger partial charge in [0.15, 0.2) is 0 Å². The van der Waals surface area contributed by atoms with E-state index in [0.29, 0.717) is 11.7 Å². The molecule has 1 saturated heterocycles. The van der Waals surface area contributed by atoms with E-state index in [-0.39, 0.29) is 11.9 Å². The minimum Gasteiger partial charge on any atom is -0.347 e. The molecule has 88 valence electrons. The molecule has 5 heteroatoms. The van der Waals surface area contributed by atoms with Gasteiger partial charge in [0, 0.05) is 30.6 Å². The van der Waals surface area contributed by atoms with Gasteiger partial charge in [-0.1, -0.05) is 0 Å². The summed E-state index contributed by atoms with van der Waals surface area (Å²) in [6.07, 6.45) is 1.04. The maximum Gasteiger partial charge on any atom is 0.271 e. The van der Waals surface area contributed by atoms with E-state index in [1.54, 1.807) is 10.9 Å². The number of thiazole rings is 1. The van der Waals surface area contributed by atoms with Gasteiger partial charge in [0.05, 0.1) is 5.51 Å². The van der Waals surface area contributed by atoms with Crippen molar-refractivity contribution in [2.45, 2.75) is 32.4 Å². The number of nitrogens with zero attached hydrogens (tertiary/aromatic N) is 2. The average molecular weight is 239 g/mol. The first-order chi connectivity index (χ1) is 7.66. The normalized spacial score (nSPS) is 21.6. The Morgan fingerprint density at radius 2 is 2.50 bits per heavy atom. The van der Waals surface area contributed by atoms with Crippen molar-refractivity contribution < 1.29 is 4.79 Å². The second kappa shape index (κ2) is 4.93. The zero-order chi connectivity index (χ0) is 11.5. The van der Waals surface area contributed by atoms with E-state index in [1.165, 1.54) is 11.3 Å². The van der Waals surface area contributed by atoms with Crippen molar-refractivity contribution >= 4 is 17.2 Å². The lowest BCUT2D eigenvalue weighted by Gasteiger charge is -2.20. The zero-order valence-corrected chi connectivity index (χ0v) is 10.5. The summed E-state index contributed by atoms with van der Waals surface area (Å²) in [6.45, 7) is 6.39. The Balaban J connectivity index is 1.86. The van der Waals surface area contributed by atoms with Crippen molar-refractivity contribution in [3.8, 4) is 0 Å². The molecular weight excluding hydrogens is 222 g/mol. The topological polar surface area (TPSA) is 45.2 Å². The Labute approximate surface area is 99.7 Å². The molecule has 0 radical (unpaired) electrons. The van der Waals surface area contributed by atoms with Crippen LogP contribution in [0.25, 0.3) is 0 Å². The van der Waals surface area contributed by atoms with Crippen LogP contribution in [-0.4, -0.2) is 41.0 Å². The Morgan fingerprint density at radius 1 is 1.69 bits per heavy atom. The van der Waals surface area contributed by atoms with Gasteiger partial charge >= 0.3 is 0 Å². The van der Waals surface area contributed by atoms with E-state index < -0.39 is 0 Å². The first kappa shape index (κ1) is 11.5. The lowest BCUT2D eigenvalue weighted by Crippen LogP contribution is -2.38. The molecule has 1 atom stereocenters. The Bertz CT molecular complexity index is 350. The van der Waals surface area contributed by atoms with Gasteiger partial charge in [-0.15, -0.1) is 11.3 Å². The van der Waals surface area contributed by atoms with Gasteiger partial charge in [-0.05, 0) is 20.3 Å². The predicted molar refractivity (Wildman–Crippen MR) is 64.7 cm³/mol. The van der Waals surface area contributed by atoms with Crippen molar-refractivity contribution in [1.82, 2.24) is 15.2 Å². The number of nitrogens with one attached hydrogen (secondary N) is 1. The maximum absolute atomic E-state index is 11.8. The fourth-order valence-electron chi connectivity index (χ4n) is 1.96. The number of amides is 1. The van der Waals surface area contributed by atoms with Crippen LogP contribution in [0.1, 0.15) is 30.8 Å². The molecule has 1 aliphatic rings. The molecule has 1 N–H and O–H groups in total. The summed E-state index contributed by atoms with van der Waals surface area (Å²) in [7, 11) is 0. The number of rotatable bonds is 3. The first-order valence-corrected chi connectivity index (χ1v) is 6.54. The van der Waals surface area contributed by atoms with Gasteiger partial charge < -0.3 is 5.32 Å². The van der Waals surface area contributed by atoms with Gasteiger partial charge in [-0.3, -0.25) is 9.69 Å². The third kappa shape index (κ3) is 2.59. The van der Waals surface area contributed by atoms with Crippen LogP contribution in [0.3, 0.4) is 0 Å². The molecule has 1 fully saturated rings. The summed E-state index contributed by atoms with van der Waals surface area (Å²) in [4.78, 5) is 18.1. The molecule has 2 heterocycles. The van der Waals surface area contributed by atoms with Crippen LogP contribution in [0.15, 0.2) is 10.9 Å².